The van der Waals surface area contributed by atoms with Gasteiger partial charge in [0.05, 0.1) is 0 Å². The lowest BCUT2D eigenvalue weighted by Crippen LogP contribution is -2.23. The summed E-state index contributed by atoms with van der Waals surface area (Å²) in [7, 11) is 0. The van der Waals surface area contributed by atoms with Crippen LogP contribution in [0.2, 0.25) is 0 Å². The maximum Gasteiger partial charge on any atom is 0.227 e. The van der Waals surface area contributed by atoms with Gasteiger partial charge in [-0.3, -0.25) is 9.59 Å². The van der Waals surface area contributed by atoms with Crippen molar-refractivity contribution in [2.45, 2.75) is 32.1 Å². The van der Waals surface area contributed by atoms with Crippen LogP contribution in [0.5, 0.6) is 0 Å². The van der Waals surface area contributed by atoms with Crippen LogP contribution >= 0.6 is 0 Å². The standard InChI is InChI=1S/C17H19NO2/c19-15-5-2-10-18(15)12-8-6-11(7-9-12)17(20)16-13-3-1-4-14(13)16/h6-9,13-14,16H,1-5,10H2. The molecule has 1 aromatic carbocycles. The zero-order valence-corrected chi connectivity index (χ0v) is 11.5. The van der Waals surface area contributed by atoms with Crippen LogP contribution in [0.3, 0.4) is 0 Å². The first kappa shape index (κ1) is 12.1. The van der Waals surface area contributed by atoms with Crippen molar-refractivity contribution >= 4 is 17.4 Å². The minimum absolute atomic E-state index is 0.195. The first-order chi connectivity index (χ1) is 9.75. The Morgan fingerprint density at radius 2 is 1.75 bits per heavy atom. The number of carbonyl (C=O) groups is 2. The quantitative estimate of drug-likeness (QED) is 0.791. The number of nitrogens with zero attached hydrogens (tertiary/aromatic N) is 1. The van der Waals surface area contributed by atoms with E-state index in [4.69, 9.17) is 0 Å². The van der Waals surface area contributed by atoms with Gasteiger partial charge >= 0.3 is 0 Å². The van der Waals surface area contributed by atoms with Gasteiger partial charge in [-0.15, -0.1) is 0 Å². The molecule has 3 nitrogen and oxygen atoms in total. The number of amides is 1. The first-order valence-electron chi connectivity index (χ1n) is 7.70. The summed E-state index contributed by atoms with van der Waals surface area (Å²) >= 11 is 0. The van der Waals surface area contributed by atoms with Gasteiger partial charge < -0.3 is 4.90 Å². The fourth-order valence-electron chi connectivity index (χ4n) is 4.13. The Bertz CT molecular complexity index is 553. The van der Waals surface area contributed by atoms with Crippen LogP contribution in [0.15, 0.2) is 24.3 Å². The molecule has 3 heteroatoms. The smallest absolute Gasteiger partial charge is 0.227 e. The summed E-state index contributed by atoms with van der Waals surface area (Å²) in [6.07, 6.45) is 5.36. The fraction of sp³-hybridized carbons (Fsp3) is 0.529. The number of Topliss-reactive ketones (excluding diaryl/α,β-unsaturated/α-hetero) is 1. The molecule has 1 saturated heterocycles. The SMILES string of the molecule is O=C(c1ccc(N2CCCC2=O)cc1)C1C2CCCC21. The van der Waals surface area contributed by atoms with E-state index in [9.17, 15) is 9.59 Å². The maximum atomic E-state index is 12.4. The first-order valence-corrected chi connectivity index (χ1v) is 7.70. The molecule has 2 saturated carbocycles. The van der Waals surface area contributed by atoms with E-state index in [-0.39, 0.29) is 5.91 Å². The molecule has 1 amide bonds. The molecular formula is C17H19NO2. The summed E-state index contributed by atoms with van der Waals surface area (Å²) in [6.45, 7) is 0.804. The van der Waals surface area contributed by atoms with Gasteiger partial charge in [0, 0.05) is 30.1 Å². The van der Waals surface area contributed by atoms with Crippen molar-refractivity contribution in [3.8, 4) is 0 Å². The van der Waals surface area contributed by atoms with Gasteiger partial charge in [0.2, 0.25) is 5.91 Å². The van der Waals surface area contributed by atoms with Crippen molar-refractivity contribution in [3.05, 3.63) is 29.8 Å². The average Bonchev–Trinajstić information content (AvgIpc) is 2.83. The molecule has 0 spiro atoms. The van der Waals surface area contributed by atoms with E-state index in [0.717, 1.165) is 24.2 Å². The highest BCUT2D eigenvalue weighted by atomic mass is 16.2. The molecular weight excluding hydrogens is 250 g/mol. The van der Waals surface area contributed by atoms with E-state index in [1.165, 1.54) is 19.3 Å². The zero-order valence-electron chi connectivity index (χ0n) is 11.5. The number of hydrogen-bond acceptors (Lipinski definition) is 2. The summed E-state index contributed by atoms with van der Waals surface area (Å²) in [6, 6.07) is 7.65. The molecule has 1 aliphatic heterocycles. The molecule has 0 radical (unpaired) electrons. The van der Waals surface area contributed by atoms with Gasteiger partial charge in [0.1, 0.15) is 0 Å². The van der Waals surface area contributed by atoms with Crippen molar-refractivity contribution in [1.29, 1.82) is 0 Å². The maximum absolute atomic E-state index is 12.4. The van der Waals surface area contributed by atoms with E-state index in [2.05, 4.69) is 0 Å². The lowest BCUT2D eigenvalue weighted by molar-refractivity contribution is -0.117. The Morgan fingerprint density at radius 1 is 1.05 bits per heavy atom. The van der Waals surface area contributed by atoms with Crippen LogP contribution in [0.1, 0.15) is 42.5 Å². The molecule has 1 aromatic rings. The molecule has 0 bridgehead atoms. The van der Waals surface area contributed by atoms with Gasteiger partial charge in [0.25, 0.3) is 0 Å². The largest absolute Gasteiger partial charge is 0.312 e. The second-order valence-corrected chi connectivity index (χ2v) is 6.34. The Morgan fingerprint density at radius 3 is 2.35 bits per heavy atom. The van der Waals surface area contributed by atoms with Crippen molar-refractivity contribution in [2.75, 3.05) is 11.4 Å². The van der Waals surface area contributed by atoms with Gasteiger partial charge in [0.15, 0.2) is 5.78 Å². The monoisotopic (exact) mass is 269 g/mol. The summed E-state index contributed by atoms with van der Waals surface area (Å²) in [5, 5.41) is 0. The predicted molar refractivity (Wildman–Crippen MR) is 76.7 cm³/mol. The summed E-state index contributed by atoms with van der Waals surface area (Å²) < 4.78 is 0. The molecule has 2 atom stereocenters. The molecule has 0 aromatic heterocycles. The predicted octanol–water partition coefficient (Wildman–Crippen LogP) is 3.04. The molecule has 2 unspecified atom stereocenters. The third-order valence-electron chi connectivity index (χ3n) is 5.25. The topological polar surface area (TPSA) is 37.4 Å². The molecule has 3 aliphatic rings. The fourth-order valence-corrected chi connectivity index (χ4v) is 4.13. The second kappa shape index (κ2) is 4.44. The third kappa shape index (κ3) is 1.80. The Hall–Kier alpha value is -1.64. The van der Waals surface area contributed by atoms with Gasteiger partial charge in [-0.05, 0) is 55.4 Å². The minimum atomic E-state index is 0.195. The normalized spacial score (nSPS) is 31.5. The molecule has 4 rings (SSSR count). The van der Waals surface area contributed by atoms with E-state index in [1.807, 2.05) is 29.2 Å². The van der Waals surface area contributed by atoms with Gasteiger partial charge in [-0.2, -0.15) is 0 Å². The highest BCUT2D eigenvalue weighted by molar-refractivity contribution is 6.01. The van der Waals surface area contributed by atoms with Crippen molar-refractivity contribution in [1.82, 2.24) is 0 Å². The molecule has 1 heterocycles. The van der Waals surface area contributed by atoms with Crippen molar-refractivity contribution in [2.24, 2.45) is 17.8 Å². The third-order valence-corrected chi connectivity index (χ3v) is 5.25. The van der Waals surface area contributed by atoms with Crippen molar-refractivity contribution < 1.29 is 9.59 Å². The summed E-state index contributed by atoms with van der Waals surface area (Å²) in [5.74, 6) is 2.15. The molecule has 2 aliphatic carbocycles. The number of carbonyl (C=O) groups excluding carboxylic acids is 2. The van der Waals surface area contributed by atoms with E-state index >= 15 is 0 Å². The molecule has 0 N–H and O–H groups in total. The Kier molecular flexibility index (Phi) is 2.69. The van der Waals surface area contributed by atoms with E-state index in [1.54, 1.807) is 0 Å². The summed E-state index contributed by atoms with van der Waals surface area (Å²) in [5.41, 5.74) is 1.75. The van der Waals surface area contributed by atoms with Crippen LogP contribution in [0, 0.1) is 17.8 Å². The molecule has 104 valence electrons. The van der Waals surface area contributed by atoms with Crippen LogP contribution < -0.4 is 4.90 Å². The second-order valence-electron chi connectivity index (χ2n) is 6.34. The number of rotatable bonds is 3. The number of hydrogen-bond donors (Lipinski definition) is 0. The lowest BCUT2D eigenvalue weighted by Gasteiger charge is -2.15. The number of ketones is 1. The summed E-state index contributed by atoms with van der Waals surface area (Å²) in [4.78, 5) is 26.0. The highest BCUT2D eigenvalue weighted by Crippen LogP contribution is 2.58. The zero-order chi connectivity index (χ0) is 13.7. The van der Waals surface area contributed by atoms with Gasteiger partial charge in [-0.1, -0.05) is 6.42 Å². The van der Waals surface area contributed by atoms with Crippen LogP contribution in [-0.4, -0.2) is 18.2 Å². The number of anilines is 1. The van der Waals surface area contributed by atoms with E-state index in [0.29, 0.717) is 30.0 Å². The Labute approximate surface area is 119 Å². The average molecular weight is 269 g/mol. The van der Waals surface area contributed by atoms with E-state index < -0.39 is 0 Å². The van der Waals surface area contributed by atoms with Crippen LogP contribution in [-0.2, 0) is 4.79 Å². The number of benzene rings is 1. The molecule has 3 fully saturated rings. The van der Waals surface area contributed by atoms with Crippen LogP contribution in [0.4, 0.5) is 5.69 Å². The minimum Gasteiger partial charge on any atom is -0.312 e. The van der Waals surface area contributed by atoms with Crippen LogP contribution in [0.25, 0.3) is 0 Å². The lowest BCUT2D eigenvalue weighted by atomic mass is 10.0. The van der Waals surface area contributed by atoms with Crippen molar-refractivity contribution in [3.63, 3.8) is 0 Å². The molecule has 20 heavy (non-hydrogen) atoms. The number of fused-ring (bicyclic) bond motifs is 1. The highest BCUT2D eigenvalue weighted by Gasteiger charge is 2.56. The van der Waals surface area contributed by atoms with Gasteiger partial charge in [-0.25, -0.2) is 0 Å². The Balaban J connectivity index is 1.50.